The fourth-order valence-corrected chi connectivity index (χ4v) is 2.18. The number of carbonyl (C=O) groups excluding carboxylic acids is 1. The highest BCUT2D eigenvalue weighted by Crippen LogP contribution is 2.34. The molecule has 0 aromatic rings. The molecule has 0 spiro atoms. The number of carbonyl (C=O) groups is 1. The van der Waals surface area contributed by atoms with Gasteiger partial charge in [0.05, 0.1) is 0 Å². The summed E-state index contributed by atoms with van der Waals surface area (Å²) in [7, 11) is 0. The quantitative estimate of drug-likeness (QED) is 0.535. The first kappa shape index (κ1) is 12.5. The Morgan fingerprint density at radius 1 is 1.33 bits per heavy atom. The van der Waals surface area contributed by atoms with E-state index < -0.39 is 0 Å². The SMILES string of the molecule is CC(=O)OOC1C[C@@H](C(C)C)CC[C@@H]1C. The lowest BCUT2D eigenvalue weighted by Crippen LogP contribution is -2.32. The summed E-state index contributed by atoms with van der Waals surface area (Å²) in [5, 5.41) is 0. The minimum absolute atomic E-state index is 0.0787. The zero-order valence-corrected chi connectivity index (χ0v) is 10.2. The summed E-state index contributed by atoms with van der Waals surface area (Å²) in [4.78, 5) is 20.5. The first-order valence-electron chi connectivity index (χ1n) is 5.84. The van der Waals surface area contributed by atoms with Crippen LogP contribution in [-0.2, 0) is 14.6 Å². The van der Waals surface area contributed by atoms with E-state index in [1.54, 1.807) is 0 Å². The molecule has 3 atom stereocenters. The third-order valence-corrected chi connectivity index (χ3v) is 3.39. The second kappa shape index (κ2) is 5.50. The highest BCUT2D eigenvalue weighted by Gasteiger charge is 2.31. The normalized spacial score (nSPS) is 31.7. The van der Waals surface area contributed by atoms with Crippen molar-refractivity contribution in [2.75, 3.05) is 0 Å². The van der Waals surface area contributed by atoms with Crippen molar-refractivity contribution < 1.29 is 14.6 Å². The van der Waals surface area contributed by atoms with Gasteiger partial charge in [-0.1, -0.05) is 20.8 Å². The third-order valence-electron chi connectivity index (χ3n) is 3.39. The van der Waals surface area contributed by atoms with Crippen molar-refractivity contribution in [3.63, 3.8) is 0 Å². The largest absolute Gasteiger partial charge is 0.339 e. The highest BCUT2D eigenvalue weighted by atomic mass is 17.2. The molecule has 1 saturated carbocycles. The van der Waals surface area contributed by atoms with Crippen LogP contribution in [0.2, 0.25) is 0 Å². The Kier molecular flexibility index (Phi) is 4.58. The van der Waals surface area contributed by atoms with Gasteiger partial charge >= 0.3 is 5.97 Å². The van der Waals surface area contributed by atoms with E-state index in [0.29, 0.717) is 17.8 Å². The van der Waals surface area contributed by atoms with Crippen molar-refractivity contribution in [3.05, 3.63) is 0 Å². The van der Waals surface area contributed by atoms with Crippen LogP contribution >= 0.6 is 0 Å². The van der Waals surface area contributed by atoms with Gasteiger partial charge in [0.1, 0.15) is 6.10 Å². The summed E-state index contributed by atoms with van der Waals surface area (Å²) in [5.41, 5.74) is 0. The number of hydrogen-bond acceptors (Lipinski definition) is 3. The minimum atomic E-state index is -0.367. The van der Waals surface area contributed by atoms with Crippen LogP contribution in [0.15, 0.2) is 0 Å². The lowest BCUT2D eigenvalue weighted by molar-refractivity contribution is -0.310. The van der Waals surface area contributed by atoms with Crippen LogP contribution in [0.4, 0.5) is 0 Å². The van der Waals surface area contributed by atoms with E-state index in [2.05, 4.69) is 25.7 Å². The fourth-order valence-electron chi connectivity index (χ4n) is 2.18. The molecule has 1 fully saturated rings. The number of hydrogen-bond donors (Lipinski definition) is 0. The van der Waals surface area contributed by atoms with Crippen LogP contribution in [0.5, 0.6) is 0 Å². The van der Waals surface area contributed by atoms with E-state index in [0.717, 1.165) is 12.8 Å². The molecule has 1 rings (SSSR count). The van der Waals surface area contributed by atoms with Gasteiger partial charge in [0.15, 0.2) is 0 Å². The predicted molar refractivity (Wildman–Crippen MR) is 58.0 cm³/mol. The summed E-state index contributed by atoms with van der Waals surface area (Å²) in [6.07, 6.45) is 3.51. The molecule has 0 bridgehead atoms. The maximum Gasteiger partial charge on any atom is 0.339 e. The minimum Gasteiger partial charge on any atom is -0.298 e. The van der Waals surface area contributed by atoms with Crippen LogP contribution in [0.3, 0.4) is 0 Å². The molecule has 88 valence electrons. The molecular formula is C12H22O3. The molecule has 0 aromatic carbocycles. The molecule has 0 saturated heterocycles. The molecule has 1 unspecified atom stereocenters. The van der Waals surface area contributed by atoms with Crippen molar-refractivity contribution in [1.29, 1.82) is 0 Å². The Balaban J connectivity index is 2.42. The molecule has 1 aliphatic rings. The van der Waals surface area contributed by atoms with Crippen molar-refractivity contribution in [2.45, 2.75) is 53.1 Å². The van der Waals surface area contributed by atoms with Crippen LogP contribution in [0.1, 0.15) is 47.0 Å². The van der Waals surface area contributed by atoms with Crippen LogP contribution < -0.4 is 0 Å². The van der Waals surface area contributed by atoms with E-state index in [-0.39, 0.29) is 12.1 Å². The Morgan fingerprint density at radius 2 is 2.00 bits per heavy atom. The maximum absolute atomic E-state index is 10.7. The fraction of sp³-hybridized carbons (Fsp3) is 0.917. The molecule has 0 aromatic heterocycles. The average Bonchev–Trinajstić information content (AvgIpc) is 2.16. The van der Waals surface area contributed by atoms with Crippen molar-refractivity contribution in [3.8, 4) is 0 Å². The monoisotopic (exact) mass is 214 g/mol. The molecule has 0 aliphatic heterocycles. The predicted octanol–water partition coefficient (Wildman–Crippen LogP) is 2.94. The Morgan fingerprint density at radius 3 is 2.53 bits per heavy atom. The number of rotatable bonds is 3. The van der Waals surface area contributed by atoms with E-state index in [9.17, 15) is 4.79 Å². The average molecular weight is 214 g/mol. The Labute approximate surface area is 92.1 Å². The summed E-state index contributed by atoms with van der Waals surface area (Å²) in [6.45, 7) is 8.01. The lowest BCUT2D eigenvalue weighted by Gasteiger charge is -2.34. The van der Waals surface area contributed by atoms with E-state index in [1.165, 1.54) is 13.3 Å². The second-order valence-corrected chi connectivity index (χ2v) is 5.00. The van der Waals surface area contributed by atoms with Gasteiger partial charge in [-0.25, -0.2) is 4.79 Å². The Hall–Kier alpha value is -0.570. The van der Waals surface area contributed by atoms with E-state index in [1.807, 2.05) is 0 Å². The van der Waals surface area contributed by atoms with Gasteiger partial charge in [-0.2, -0.15) is 4.89 Å². The van der Waals surface area contributed by atoms with Crippen LogP contribution in [0, 0.1) is 17.8 Å². The van der Waals surface area contributed by atoms with Gasteiger partial charge in [-0.3, -0.25) is 4.89 Å². The first-order chi connectivity index (χ1) is 7.00. The Bertz CT molecular complexity index is 213. The van der Waals surface area contributed by atoms with Gasteiger partial charge in [-0.05, 0) is 37.0 Å². The molecule has 3 heteroatoms. The summed E-state index contributed by atoms with van der Waals surface area (Å²) in [6, 6.07) is 0. The van der Waals surface area contributed by atoms with Crippen molar-refractivity contribution in [2.24, 2.45) is 17.8 Å². The van der Waals surface area contributed by atoms with Gasteiger partial charge < -0.3 is 0 Å². The molecule has 0 amide bonds. The molecule has 0 heterocycles. The van der Waals surface area contributed by atoms with Gasteiger partial charge in [0.25, 0.3) is 0 Å². The van der Waals surface area contributed by atoms with Gasteiger partial charge in [-0.15, -0.1) is 0 Å². The smallest absolute Gasteiger partial charge is 0.298 e. The first-order valence-corrected chi connectivity index (χ1v) is 5.84. The summed E-state index contributed by atoms with van der Waals surface area (Å²) < 4.78 is 0. The zero-order valence-electron chi connectivity index (χ0n) is 10.2. The molecule has 0 radical (unpaired) electrons. The van der Waals surface area contributed by atoms with Crippen LogP contribution in [0.25, 0.3) is 0 Å². The van der Waals surface area contributed by atoms with Crippen LogP contribution in [-0.4, -0.2) is 12.1 Å². The molecular weight excluding hydrogens is 192 g/mol. The van der Waals surface area contributed by atoms with Gasteiger partial charge in [0.2, 0.25) is 0 Å². The summed E-state index contributed by atoms with van der Waals surface area (Å²) in [5.74, 6) is 1.50. The van der Waals surface area contributed by atoms with E-state index >= 15 is 0 Å². The molecule has 15 heavy (non-hydrogen) atoms. The summed E-state index contributed by atoms with van der Waals surface area (Å²) >= 11 is 0. The third kappa shape index (κ3) is 3.82. The maximum atomic E-state index is 10.7. The topological polar surface area (TPSA) is 35.5 Å². The van der Waals surface area contributed by atoms with Gasteiger partial charge in [0, 0.05) is 6.92 Å². The standard InChI is InChI=1S/C12H22O3/c1-8(2)11-6-5-9(3)12(7-11)15-14-10(4)13/h8-9,11-12H,5-7H2,1-4H3/t9-,11-,12?/m0/s1. The molecule has 1 aliphatic carbocycles. The highest BCUT2D eigenvalue weighted by molar-refractivity contribution is 5.65. The molecule has 0 N–H and O–H groups in total. The zero-order chi connectivity index (χ0) is 11.4. The van der Waals surface area contributed by atoms with Crippen molar-refractivity contribution in [1.82, 2.24) is 0 Å². The van der Waals surface area contributed by atoms with E-state index in [4.69, 9.17) is 4.89 Å². The molecule has 3 nitrogen and oxygen atoms in total. The second-order valence-electron chi connectivity index (χ2n) is 5.00. The van der Waals surface area contributed by atoms with Crippen molar-refractivity contribution >= 4 is 5.97 Å². The lowest BCUT2D eigenvalue weighted by atomic mass is 9.76.